The Morgan fingerprint density at radius 3 is 2.40 bits per heavy atom. The van der Waals surface area contributed by atoms with Gasteiger partial charge in [0.1, 0.15) is 5.82 Å². The fraction of sp³-hybridized carbons (Fsp3) is 0.267. The third kappa shape index (κ3) is 3.68. The van der Waals surface area contributed by atoms with E-state index in [0.717, 1.165) is 32.8 Å². The number of benzene rings is 1. The van der Waals surface area contributed by atoms with Gasteiger partial charge in [-0.05, 0) is 45.8 Å². The maximum absolute atomic E-state index is 13.5. The monoisotopic (exact) mass is 463 g/mol. The Labute approximate surface area is 143 Å². The minimum atomic E-state index is -0.219. The molecule has 0 amide bonds. The number of rotatable bonds is 5. The molecular weight excluding hydrogens is 453 g/mol. The predicted octanol–water partition coefficient (Wildman–Crippen LogP) is 5.25. The molecule has 5 heteroatoms. The summed E-state index contributed by atoms with van der Waals surface area (Å²) in [6.45, 7) is 0. The molecule has 0 bridgehead atoms. The maximum Gasteiger partial charge on any atom is 0.123 e. The molecule has 0 aliphatic heterocycles. The van der Waals surface area contributed by atoms with Crippen molar-refractivity contribution in [2.45, 2.75) is 11.8 Å². The molecule has 0 unspecified atom stereocenters. The third-order valence-corrected chi connectivity index (χ3v) is 5.87. The number of pyridine rings is 1. The van der Waals surface area contributed by atoms with Gasteiger partial charge in [-0.25, -0.2) is 4.39 Å². The number of hydrogen-bond acceptors (Lipinski definition) is 1. The van der Waals surface area contributed by atoms with Crippen molar-refractivity contribution < 1.29 is 4.39 Å². The predicted molar refractivity (Wildman–Crippen MR) is 91.3 cm³/mol. The van der Waals surface area contributed by atoms with Gasteiger partial charge in [-0.3, -0.25) is 4.98 Å². The highest BCUT2D eigenvalue weighted by Gasteiger charge is 2.31. The van der Waals surface area contributed by atoms with E-state index in [1.807, 2.05) is 18.2 Å². The lowest BCUT2D eigenvalue weighted by atomic mass is 9.80. The summed E-state index contributed by atoms with van der Waals surface area (Å²) in [4.78, 5) is 4.42. The first-order valence-electron chi connectivity index (χ1n) is 6.08. The van der Waals surface area contributed by atoms with Gasteiger partial charge in [-0.15, -0.1) is 0 Å². The largest absolute Gasteiger partial charge is 0.260 e. The van der Waals surface area contributed by atoms with Crippen LogP contribution in [-0.2, 0) is 11.8 Å². The van der Waals surface area contributed by atoms with E-state index >= 15 is 0 Å². The molecule has 0 radical (unpaired) electrons. The number of alkyl halides is 2. The number of halogens is 4. The Bertz CT molecular complexity index is 568. The van der Waals surface area contributed by atoms with Crippen LogP contribution in [0.5, 0.6) is 0 Å². The molecule has 2 rings (SSSR count). The molecule has 0 atom stereocenters. The Hall–Kier alpha value is -0.260. The zero-order valence-electron chi connectivity index (χ0n) is 10.6. The van der Waals surface area contributed by atoms with Crippen molar-refractivity contribution in [2.75, 3.05) is 10.7 Å². The van der Waals surface area contributed by atoms with E-state index in [4.69, 9.17) is 0 Å². The first-order valence-corrected chi connectivity index (χ1v) is 9.12. The molecule has 1 heterocycles. The smallest absolute Gasteiger partial charge is 0.123 e. The first kappa shape index (κ1) is 16.1. The second-order valence-corrected chi connectivity index (χ2v) is 6.74. The Morgan fingerprint density at radius 1 is 1.10 bits per heavy atom. The molecule has 1 nitrogen and oxygen atoms in total. The first-order chi connectivity index (χ1) is 9.59. The summed E-state index contributed by atoms with van der Waals surface area (Å²) in [5.41, 5.74) is 1.73. The van der Waals surface area contributed by atoms with E-state index in [-0.39, 0.29) is 11.2 Å². The lowest BCUT2D eigenvalue weighted by molar-refractivity contribution is 0.534. The normalized spacial score (nSPS) is 11.6. The second-order valence-electron chi connectivity index (χ2n) is 4.70. The molecule has 1 aromatic carbocycles. The molecule has 2 aromatic rings. The lowest BCUT2D eigenvalue weighted by Gasteiger charge is -2.30. The fourth-order valence-electron chi connectivity index (χ4n) is 2.06. The minimum Gasteiger partial charge on any atom is -0.260 e. The summed E-state index contributed by atoms with van der Waals surface area (Å²) < 4.78 is 14.5. The molecular formula is C15H13Br3FN. The highest BCUT2D eigenvalue weighted by molar-refractivity contribution is 9.10. The highest BCUT2D eigenvalue weighted by atomic mass is 79.9. The SMILES string of the molecule is Fc1cccc(C(CBr)(CBr)Cc2ccc(Br)cn2)c1. The van der Waals surface area contributed by atoms with Gasteiger partial charge in [0.2, 0.25) is 0 Å². The molecule has 106 valence electrons. The summed E-state index contributed by atoms with van der Waals surface area (Å²) >= 11 is 10.5. The van der Waals surface area contributed by atoms with E-state index in [0.29, 0.717) is 0 Å². The van der Waals surface area contributed by atoms with Crippen LogP contribution in [0.25, 0.3) is 0 Å². The minimum absolute atomic E-state index is 0.211. The van der Waals surface area contributed by atoms with E-state index in [9.17, 15) is 4.39 Å². The van der Waals surface area contributed by atoms with Crippen molar-refractivity contribution in [3.8, 4) is 0 Å². The molecule has 1 aromatic heterocycles. The average molecular weight is 466 g/mol. The average Bonchev–Trinajstić information content (AvgIpc) is 2.47. The van der Waals surface area contributed by atoms with Gasteiger partial charge in [0.25, 0.3) is 0 Å². The number of aromatic nitrogens is 1. The zero-order valence-corrected chi connectivity index (χ0v) is 15.4. The Kier molecular flexibility index (Phi) is 5.75. The van der Waals surface area contributed by atoms with Gasteiger partial charge >= 0.3 is 0 Å². The van der Waals surface area contributed by atoms with Crippen molar-refractivity contribution in [3.05, 3.63) is 64.1 Å². The lowest BCUT2D eigenvalue weighted by Crippen LogP contribution is -2.33. The maximum atomic E-state index is 13.5. The van der Waals surface area contributed by atoms with Crippen molar-refractivity contribution in [1.82, 2.24) is 4.98 Å². The van der Waals surface area contributed by atoms with Crippen molar-refractivity contribution in [2.24, 2.45) is 0 Å². The summed E-state index contributed by atoms with van der Waals surface area (Å²) in [7, 11) is 0. The number of hydrogen-bond donors (Lipinski definition) is 0. The Balaban J connectivity index is 2.36. The molecule has 0 N–H and O–H groups in total. The van der Waals surface area contributed by atoms with Crippen LogP contribution in [0.2, 0.25) is 0 Å². The van der Waals surface area contributed by atoms with E-state index < -0.39 is 0 Å². The van der Waals surface area contributed by atoms with E-state index in [2.05, 4.69) is 52.8 Å². The van der Waals surface area contributed by atoms with Gasteiger partial charge in [-0.1, -0.05) is 44.0 Å². The Morgan fingerprint density at radius 2 is 1.85 bits per heavy atom. The molecule has 0 aliphatic rings. The fourth-order valence-corrected chi connectivity index (χ4v) is 4.27. The highest BCUT2D eigenvalue weighted by Crippen LogP contribution is 2.33. The van der Waals surface area contributed by atoms with Crippen molar-refractivity contribution in [1.29, 1.82) is 0 Å². The van der Waals surface area contributed by atoms with E-state index in [1.165, 1.54) is 6.07 Å². The number of nitrogens with zero attached hydrogens (tertiary/aromatic N) is 1. The van der Waals surface area contributed by atoms with Crippen LogP contribution >= 0.6 is 47.8 Å². The summed E-state index contributed by atoms with van der Waals surface area (Å²) in [5, 5.41) is 1.46. The van der Waals surface area contributed by atoms with Gasteiger partial charge < -0.3 is 0 Å². The topological polar surface area (TPSA) is 12.9 Å². The van der Waals surface area contributed by atoms with Gasteiger partial charge in [-0.2, -0.15) is 0 Å². The molecule has 0 saturated heterocycles. The molecule has 0 aliphatic carbocycles. The van der Waals surface area contributed by atoms with Crippen LogP contribution in [0.4, 0.5) is 4.39 Å². The van der Waals surface area contributed by atoms with Crippen molar-refractivity contribution >= 4 is 47.8 Å². The molecule has 0 fully saturated rings. The van der Waals surface area contributed by atoms with Crippen LogP contribution < -0.4 is 0 Å². The van der Waals surface area contributed by atoms with Crippen LogP contribution in [0.3, 0.4) is 0 Å². The third-order valence-electron chi connectivity index (χ3n) is 3.26. The quantitative estimate of drug-likeness (QED) is 0.549. The van der Waals surface area contributed by atoms with Gasteiger partial charge in [0.05, 0.1) is 0 Å². The molecule has 20 heavy (non-hydrogen) atoms. The van der Waals surface area contributed by atoms with E-state index in [1.54, 1.807) is 18.3 Å². The molecule has 0 spiro atoms. The summed E-state index contributed by atoms with van der Waals surface area (Å²) in [6.07, 6.45) is 2.52. The van der Waals surface area contributed by atoms with Crippen LogP contribution in [-0.4, -0.2) is 15.6 Å². The van der Waals surface area contributed by atoms with Crippen LogP contribution in [0.15, 0.2) is 47.1 Å². The van der Waals surface area contributed by atoms with Crippen molar-refractivity contribution in [3.63, 3.8) is 0 Å². The van der Waals surface area contributed by atoms with Gasteiger partial charge in [0.15, 0.2) is 0 Å². The zero-order chi connectivity index (χ0) is 14.6. The standard InChI is InChI=1S/C15H13Br3FN/c16-9-15(10-17,11-2-1-3-13(19)6-11)7-14-5-4-12(18)8-20-14/h1-6,8H,7,9-10H2. The second kappa shape index (κ2) is 7.14. The van der Waals surface area contributed by atoms with Gasteiger partial charge in [0, 0.05) is 38.9 Å². The summed E-state index contributed by atoms with van der Waals surface area (Å²) in [5.74, 6) is -0.211. The molecule has 0 saturated carbocycles. The van der Waals surface area contributed by atoms with Crippen LogP contribution in [0, 0.1) is 5.82 Å². The van der Waals surface area contributed by atoms with Crippen LogP contribution in [0.1, 0.15) is 11.3 Å². The summed E-state index contributed by atoms with van der Waals surface area (Å²) in [6, 6.07) is 10.7.